The molecule has 6 saturated heterocycles. The molecule has 0 spiro atoms. The molecule has 0 aromatic rings. The van der Waals surface area contributed by atoms with Crippen LogP contribution >= 0.6 is 0 Å². The summed E-state index contributed by atoms with van der Waals surface area (Å²) < 4.78 is 69.2. The minimum Gasteiger partial charge on any atom is -0.394 e. The fraction of sp³-hybridized carbons (Fsp3) is 0.857. The van der Waals surface area contributed by atoms with Gasteiger partial charge in [-0.15, -0.1) is 6.58 Å². The fourth-order valence-corrected chi connectivity index (χ4v) is 10.8. The Morgan fingerprint density at radius 1 is 0.425 bits per heavy atom. The van der Waals surface area contributed by atoms with E-state index in [1.165, 1.54) is 19.9 Å². The Bertz CT molecular complexity index is 2170. The molecular weight excluding hydrogens is 1170 g/mol. The number of hydrogen-bond donors (Lipinski definition) is 19. The average Bonchev–Trinajstić information content (AvgIpc) is 1.02. The maximum absolute atomic E-state index is 11.6. The molecule has 0 saturated carbocycles. The van der Waals surface area contributed by atoms with Gasteiger partial charge in [0.05, 0.1) is 57.5 Å². The predicted molar refractivity (Wildman–Crippen MR) is 291 cm³/mol. The molecule has 0 bridgehead atoms. The molecule has 0 radical (unpaired) electrons. The first-order valence-corrected chi connectivity index (χ1v) is 29.2. The summed E-state index contributed by atoms with van der Waals surface area (Å²) in [4.78, 5) is 0. The van der Waals surface area contributed by atoms with Crippen molar-refractivity contribution in [3.05, 3.63) is 47.6 Å². The molecule has 0 aromatic heterocycles. The third-order valence-electron chi connectivity index (χ3n) is 16.6. The van der Waals surface area contributed by atoms with Gasteiger partial charge in [0.1, 0.15) is 134 Å². The monoisotopic (exact) mass is 1260 g/mol. The van der Waals surface area contributed by atoms with Crippen LogP contribution in [0.25, 0.3) is 0 Å². The molecule has 0 aliphatic carbocycles. The van der Waals surface area contributed by atoms with Crippen LogP contribution in [0.15, 0.2) is 47.6 Å². The van der Waals surface area contributed by atoms with Crippen LogP contribution in [0, 0.1) is 0 Å². The van der Waals surface area contributed by atoms with Gasteiger partial charge >= 0.3 is 0 Å². The highest BCUT2D eigenvalue weighted by Gasteiger charge is 2.55. The topological polar surface area (TPSA) is 495 Å². The van der Waals surface area contributed by atoms with Crippen LogP contribution in [0.3, 0.4) is 0 Å². The van der Waals surface area contributed by atoms with Crippen LogP contribution < -0.4 is 0 Å². The van der Waals surface area contributed by atoms with Gasteiger partial charge in [-0.2, -0.15) is 0 Å². The van der Waals surface area contributed by atoms with E-state index in [1.807, 2.05) is 25.2 Å². The molecule has 6 aliphatic rings. The molecule has 6 fully saturated rings. The molecule has 6 heterocycles. The number of ether oxygens (including phenoxy) is 12. The van der Waals surface area contributed by atoms with Crippen molar-refractivity contribution in [2.75, 3.05) is 39.6 Å². The number of hydrogen-bond acceptors (Lipinski definition) is 31. The lowest BCUT2D eigenvalue weighted by atomic mass is 9.95. The first-order valence-electron chi connectivity index (χ1n) is 29.2. The zero-order chi connectivity index (χ0) is 64.4. The summed E-state index contributed by atoms with van der Waals surface area (Å²) in [5.41, 5.74) is 1.32. The second kappa shape index (κ2) is 33.5. The molecular formula is C56H94O31. The van der Waals surface area contributed by atoms with Crippen molar-refractivity contribution in [2.24, 2.45) is 0 Å². The van der Waals surface area contributed by atoms with E-state index in [2.05, 4.69) is 6.58 Å². The molecule has 19 N–H and O–H groups in total. The van der Waals surface area contributed by atoms with Crippen molar-refractivity contribution in [3.63, 3.8) is 0 Å². The second-order valence-corrected chi connectivity index (χ2v) is 23.3. The lowest BCUT2D eigenvalue weighted by Gasteiger charge is -2.48. The van der Waals surface area contributed by atoms with Gasteiger partial charge in [0.2, 0.25) is 0 Å². The first-order chi connectivity index (χ1) is 41.1. The van der Waals surface area contributed by atoms with Crippen LogP contribution in [-0.4, -0.2) is 327 Å². The maximum atomic E-state index is 11.6. The van der Waals surface area contributed by atoms with Gasteiger partial charge in [0, 0.05) is 0 Å². The van der Waals surface area contributed by atoms with Crippen molar-refractivity contribution in [3.8, 4) is 0 Å². The maximum Gasteiger partial charge on any atom is 0.187 e. The van der Waals surface area contributed by atoms with E-state index in [0.717, 1.165) is 11.1 Å². The highest BCUT2D eigenvalue weighted by atomic mass is 16.8. The number of allylic oxidation sites excluding steroid dienone is 4. The van der Waals surface area contributed by atoms with E-state index in [1.54, 1.807) is 13.8 Å². The molecule has 504 valence electrons. The normalized spacial score (nSPS) is 45.2. The van der Waals surface area contributed by atoms with Gasteiger partial charge in [-0.3, -0.25) is 0 Å². The minimum absolute atomic E-state index is 0.101. The fourth-order valence-electron chi connectivity index (χ4n) is 10.8. The quantitative estimate of drug-likeness (QED) is 0.0324. The smallest absolute Gasteiger partial charge is 0.187 e. The van der Waals surface area contributed by atoms with Crippen molar-refractivity contribution in [1.29, 1.82) is 0 Å². The summed E-state index contributed by atoms with van der Waals surface area (Å²) in [7, 11) is 0. The van der Waals surface area contributed by atoms with E-state index in [-0.39, 0.29) is 19.6 Å². The van der Waals surface area contributed by atoms with E-state index >= 15 is 0 Å². The summed E-state index contributed by atoms with van der Waals surface area (Å²) in [6.07, 6.45) is -38.2. The van der Waals surface area contributed by atoms with E-state index in [9.17, 15) is 97.0 Å². The lowest BCUT2D eigenvalue weighted by molar-refractivity contribution is -0.379. The minimum atomic E-state index is -1.96. The first kappa shape index (κ1) is 73.8. The average molecular weight is 1260 g/mol. The van der Waals surface area contributed by atoms with Gasteiger partial charge in [0.15, 0.2) is 37.7 Å². The second-order valence-electron chi connectivity index (χ2n) is 23.3. The predicted octanol–water partition coefficient (Wildman–Crippen LogP) is -6.93. The van der Waals surface area contributed by atoms with E-state index in [4.69, 9.17) is 56.8 Å². The van der Waals surface area contributed by atoms with Crippen molar-refractivity contribution < 1.29 is 154 Å². The van der Waals surface area contributed by atoms with Crippen LogP contribution in [-0.2, 0) is 56.8 Å². The lowest BCUT2D eigenvalue weighted by Crippen LogP contribution is -2.66. The Balaban J connectivity index is 0.988. The van der Waals surface area contributed by atoms with Crippen molar-refractivity contribution in [1.82, 2.24) is 0 Å². The van der Waals surface area contributed by atoms with Gasteiger partial charge in [-0.05, 0) is 78.7 Å². The van der Waals surface area contributed by atoms with Gasteiger partial charge in [-0.1, -0.05) is 35.5 Å². The molecule has 31 atom stereocenters. The Morgan fingerprint density at radius 2 is 0.851 bits per heavy atom. The SMILES string of the molecule is C=CC(C)(CCC=C(CO)CCC=C(C)CCC=C(C)COC1OC(COC2OC(C)C(O)C(O)C2O)C(OC2OC(C)C(OC3OC(CO)C(O)C(O)C3O)C(O)C2O)C(O)C1O)OC1OC(CO)C(OC2OC(CO)C(O)C(O)C2O)C(O)C1O. The van der Waals surface area contributed by atoms with Gasteiger partial charge < -0.3 is 154 Å². The third kappa shape index (κ3) is 18.3. The van der Waals surface area contributed by atoms with Crippen LogP contribution in [0.1, 0.15) is 73.1 Å². The highest BCUT2D eigenvalue weighted by Crippen LogP contribution is 2.36. The molecule has 0 aromatic carbocycles. The number of aliphatic hydroxyl groups excluding tert-OH is 19. The third-order valence-corrected chi connectivity index (χ3v) is 16.6. The number of aliphatic hydroxyl groups is 19. The van der Waals surface area contributed by atoms with E-state index in [0.29, 0.717) is 37.7 Å². The Kier molecular flexibility index (Phi) is 28.4. The van der Waals surface area contributed by atoms with Crippen molar-refractivity contribution in [2.45, 2.75) is 263 Å². The Morgan fingerprint density at radius 3 is 1.41 bits per heavy atom. The van der Waals surface area contributed by atoms with Crippen LogP contribution in [0.5, 0.6) is 0 Å². The molecule has 87 heavy (non-hydrogen) atoms. The molecule has 31 nitrogen and oxygen atoms in total. The molecule has 0 amide bonds. The molecule has 31 heteroatoms. The molecule has 6 rings (SSSR count). The van der Waals surface area contributed by atoms with E-state index < -0.39 is 216 Å². The molecule has 6 aliphatic heterocycles. The summed E-state index contributed by atoms with van der Waals surface area (Å²) in [6.45, 7) is 8.90. The van der Waals surface area contributed by atoms with Crippen LogP contribution in [0.2, 0.25) is 0 Å². The van der Waals surface area contributed by atoms with Gasteiger partial charge in [0.25, 0.3) is 0 Å². The highest BCUT2D eigenvalue weighted by molar-refractivity contribution is 5.09. The Labute approximate surface area is 502 Å². The Hall–Kier alpha value is -2.28. The van der Waals surface area contributed by atoms with Crippen molar-refractivity contribution >= 4 is 0 Å². The summed E-state index contributed by atoms with van der Waals surface area (Å²) in [5, 5.41) is 200. The largest absolute Gasteiger partial charge is 0.394 e. The zero-order valence-electron chi connectivity index (χ0n) is 49.2. The zero-order valence-corrected chi connectivity index (χ0v) is 49.2. The van der Waals surface area contributed by atoms with Crippen LogP contribution in [0.4, 0.5) is 0 Å². The standard InChI is InChI=1S/C56H94O31/c1-7-56(6,87-55-46(75)40(69)48(30(20-60)82-55)85-54-43(72)37(66)34(63)29(19-59)81-54)16-10-15-27(17-57)14-9-12-23(2)11-8-13-24(3)21-76-51-44(73)39(68)49(31(83-51)22-77-50-41(70)35(64)32(61)25(4)78-50)86-52-45(74)38(67)47(26(5)79-52)84-53-42(71)36(65)33(62)28(18-58)80-53/h7,12-13,15,25-26,28-55,57-75H,1,8-11,14,16-22H2,2-6H3. The number of rotatable bonds is 28. The summed E-state index contributed by atoms with van der Waals surface area (Å²) in [6, 6.07) is 0. The molecule has 31 unspecified atom stereocenters. The van der Waals surface area contributed by atoms with Gasteiger partial charge in [-0.25, -0.2) is 0 Å². The summed E-state index contributed by atoms with van der Waals surface area (Å²) >= 11 is 0. The summed E-state index contributed by atoms with van der Waals surface area (Å²) in [5.74, 6) is 0.